The summed E-state index contributed by atoms with van der Waals surface area (Å²) in [7, 11) is 0. The minimum Gasteiger partial charge on any atom is -0.366 e. The molecule has 0 atom stereocenters. The van der Waals surface area contributed by atoms with E-state index in [0.29, 0.717) is 6.54 Å². The van der Waals surface area contributed by atoms with Gasteiger partial charge < -0.3 is 11.1 Å². The fraction of sp³-hybridized carbons (Fsp3) is 0.222. The average molecular weight is 193 g/mol. The molecule has 5 heteroatoms. The molecule has 0 bridgehead atoms. The summed E-state index contributed by atoms with van der Waals surface area (Å²) in [6, 6.07) is 3.03. The van der Waals surface area contributed by atoms with Gasteiger partial charge in [-0.25, -0.2) is 0 Å². The second-order valence-electron chi connectivity index (χ2n) is 2.62. The Morgan fingerprint density at radius 3 is 2.86 bits per heavy atom. The molecule has 2 amide bonds. The number of rotatable bonds is 3. The zero-order valence-electron chi connectivity index (χ0n) is 7.78. The molecule has 0 saturated carbocycles. The zero-order valence-corrected chi connectivity index (χ0v) is 7.78. The first-order valence-corrected chi connectivity index (χ1v) is 4.19. The van der Waals surface area contributed by atoms with Gasteiger partial charge in [0.15, 0.2) is 0 Å². The van der Waals surface area contributed by atoms with E-state index in [4.69, 9.17) is 5.73 Å². The number of carbonyl (C=O) groups excluding carboxylic acids is 2. The quantitative estimate of drug-likeness (QED) is 0.704. The fourth-order valence-corrected chi connectivity index (χ4v) is 1.03. The third-order valence-corrected chi connectivity index (χ3v) is 1.63. The first-order valence-electron chi connectivity index (χ1n) is 4.19. The highest BCUT2D eigenvalue weighted by molar-refractivity contribution is 6.05. The van der Waals surface area contributed by atoms with E-state index in [-0.39, 0.29) is 17.2 Å². The Balaban J connectivity index is 3.07. The van der Waals surface area contributed by atoms with Crippen LogP contribution in [0.2, 0.25) is 0 Å². The molecule has 1 aromatic rings. The van der Waals surface area contributed by atoms with Crippen molar-refractivity contribution in [2.24, 2.45) is 5.73 Å². The SMILES string of the molecule is CCNC(=O)c1ncccc1C(N)=O. The Morgan fingerprint density at radius 1 is 1.57 bits per heavy atom. The van der Waals surface area contributed by atoms with Crippen molar-refractivity contribution in [3.63, 3.8) is 0 Å². The van der Waals surface area contributed by atoms with E-state index in [9.17, 15) is 9.59 Å². The van der Waals surface area contributed by atoms with Gasteiger partial charge in [-0.2, -0.15) is 0 Å². The minimum atomic E-state index is -0.653. The van der Waals surface area contributed by atoms with Crippen molar-refractivity contribution in [1.82, 2.24) is 10.3 Å². The summed E-state index contributed by atoms with van der Waals surface area (Å²) < 4.78 is 0. The summed E-state index contributed by atoms with van der Waals surface area (Å²) in [6.45, 7) is 2.26. The fourth-order valence-electron chi connectivity index (χ4n) is 1.03. The lowest BCUT2D eigenvalue weighted by atomic mass is 10.2. The first-order chi connectivity index (χ1) is 6.66. The monoisotopic (exact) mass is 193 g/mol. The van der Waals surface area contributed by atoms with Gasteiger partial charge in [0.2, 0.25) is 0 Å². The van der Waals surface area contributed by atoms with Crippen molar-refractivity contribution in [3.8, 4) is 0 Å². The number of nitrogens with zero attached hydrogens (tertiary/aromatic N) is 1. The summed E-state index contributed by atoms with van der Waals surface area (Å²) in [5.74, 6) is -1.04. The van der Waals surface area contributed by atoms with Crippen LogP contribution >= 0.6 is 0 Å². The molecule has 3 N–H and O–H groups in total. The van der Waals surface area contributed by atoms with Gasteiger partial charge in [0.25, 0.3) is 11.8 Å². The van der Waals surface area contributed by atoms with Gasteiger partial charge in [-0.1, -0.05) is 0 Å². The van der Waals surface area contributed by atoms with E-state index < -0.39 is 5.91 Å². The minimum absolute atomic E-state index is 0.0712. The van der Waals surface area contributed by atoms with E-state index in [2.05, 4.69) is 10.3 Å². The molecule has 1 rings (SSSR count). The lowest BCUT2D eigenvalue weighted by Gasteiger charge is -2.04. The average Bonchev–Trinajstić information content (AvgIpc) is 2.18. The van der Waals surface area contributed by atoms with Crippen LogP contribution in [0.15, 0.2) is 18.3 Å². The maximum atomic E-state index is 11.4. The second kappa shape index (κ2) is 4.36. The smallest absolute Gasteiger partial charge is 0.270 e. The second-order valence-corrected chi connectivity index (χ2v) is 2.62. The van der Waals surface area contributed by atoms with E-state index in [1.54, 1.807) is 13.0 Å². The predicted molar refractivity (Wildman–Crippen MR) is 50.8 cm³/mol. The third kappa shape index (κ3) is 2.07. The summed E-state index contributed by atoms with van der Waals surface area (Å²) in [4.78, 5) is 26.1. The predicted octanol–water partition coefficient (Wildman–Crippen LogP) is -0.0698. The summed E-state index contributed by atoms with van der Waals surface area (Å²) >= 11 is 0. The van der Waals surface area contributed by atoms with Crippen LogP contribution in [0.1, 0.15) is 27.8 Å². The van der Waals surface area contributed by atoms with Gasteiger partial charge in [-0.3, -0.25) is 14.6 Å². The molecule has 5 nitrogen and oxygen atoms in total. The van der Waals surface area contributed by atoms with Crippen LogP contribution in [0.4, 0.5) is 0 Å². The lowest BCUT2D eigenvalue weighted by Crippen LogP contribution is -2.27. The van der Waals surface area contributed by atoms with Crippen LogP contribution in [-0.2, 0) is 0 Å². The molecule has 0 saturated heterocycles. The third-order valence-electron chi connectivity index (χ3n) is 1.63. The molecule has 0 spiro atoms. The molecule has 0 aliphatic rings. The number of aromatic nitrogens is 1. The van der Waals surface area contributed by atoms with Crippen LogP contribution in [-0.4, -0.2) is 23.3 Å². The van der Waals surface area contributed by atoms with Crippen molar-refractivity contribution < 1.29 is 9.59 Å². The van der Waals surface area contributed by atoms with Crippen molar-refractivity contribution >= 4 is 11.8 Å². The number of pyridine rings is 1. The van der Waals surface area contributed by atoms with Crippen LogP contribution in [0.25, 0.3) is 0 Å². The van der Waals surface area contributed by atoms with Crippen molar-refractivity contribution in [2.75, 3.05) is 6.54 Å². The number of nitrogens with two attached hydrogens (primary N) is 1. The molecular formula is C9H11N3O2. The van der Waals surface area contributed by atoms with Crippen molar-refractivity contribution in [2.45, 2.75) is 6.92 Å². The van der Waals surface area contributed by atoms with Gasteiger partial charge in [-0.05, 0) is 19.1 Å². The molecular weight excluding hydrogens is 182 g/mol. The maximum Gasteiger partial charge on any atom is 0.270 e. The lowest BCUT2D eigenvalue weighted by molar-refractivity contribution is 0.0932. The normalized spacial score (nSPS) is 9.50. The highest BCUT2D eigenvalue weighted by Gasteiger charge is 2.14. The van der Waals surface area contributed by atoms with Gasteiger partial charge in [0.05, 0.1) is 5.56 Å². The van der Waals surface area contributed by atoms with Gasteiger partial charge in [0.1, 0.15) is 5.69 Å². The van der Waals surface area contributed by atoms with E-state index in [1.165, 1.54) is 12.3 Å². The Kier molecular flexibility index (Phi) is 3.17. The maximum absolute atomic E-state index is 11.4. The number of nitrogens with one attached hydrogen (secondary N) is 1. The summed E-state index contributed by atoms with van der Waals surface area (Å²) in [6.07, 6.45) is 1.44. The van der Waals surface area contributed by atoms with Gasteiger partial charge in [0, 0.05) is 12.7 Å². The number of carbonyl (C=O) groups is 2. The molecule has 14 heavy (non-hydrogen) atoms. The zero-order chi connectivity index (χ0) is 10.6. The number of hydrogen-bond acceptors (Lipinski definition) is 3. The molecule has 0 fully saturated rings. The Hall–Kier alpha value is -1.91. The van der Waals surface area contributed by atoms with Crippen molar-refractivity contribution in [1.29, 1.82) is 0 Å². The summed E-state index contributed by atoms with van der Waals surface area (Å²) in [5, 5.41) is 2.55. The van der Waals surface area contributed by atoms with Crippen LogP contribution in [0.3, 0.4) is 0 Å². The standard InChI is InChI=1S/C9H11N3O2/c1-2-11-9(14)7-6(8(10)13)4-3-5-12-7/h3-5H,2H2,1H3,(H2,10,13)(H,11,14). The number of amides is 2. The number of primary amides is 1. The van der Waals surface area contributed by atoms with E-state index >= 15 is 0 Å². The molecule has 74 valence electrons. The molecule has 0 aromatic carbocycles. The molecule has 0 unspecified atom stereocenters. The van der Waals surface area contributed by atoms with E-state index in [0.717, 1.165) is 0 Å². The molecule has 1 aromatic heterocycles. The Morgan fingerprint density at radius 2 is 2.29 bits per heavy atom. The Labute approximate surface area is 81.3 Å². The van der Waals surface area contributed by atoms with Gasteiger partial charge in [-0.15, -0.1) is 0 Å². The largest absolute Gasteiger partial charge is 0.366 e. The molecule has 0 aliphatic carbocycles. The highest BCUT2D eigenvalue weighted by atomic mass is 16.2. The topological polar surface area (TPSA) is 85.1 Å². The molecule has 0 radical (unpaired) electrons. The van der Waals surface area contributed by atoms with Crippen LogP contribution in [0.5, 0.6) is 0 Å². The first kappa shape index (κ1) is 10.2. The van der Waals surface area contributed by atoms with Gasteiger partial charge >= 0.3 is 0 Å². The Bertz CT molecular complexity index is 363. The summed E-state index contributed by atoms with van der Waals surface area (Å²) in [5.41, 5.74) is 5.30. The highest BCUT2D eigenvalue weighted by Crippen LogP contribution is 2.03. The molecule has 0 aliphatic heterocycles. The van der Waals surface area contributed by atoms with Crippen molar-refractivity contribution in [3.05, 3.63) is 29.6 Å². The van der Waals surface area contributed by atoms with Crippen LogP contribution < -0.4 is 11.1 Å². The van der Waals surface area contributed by atoms with E-state index in [1.807, 2.05) is 0 Å². The molecule has 1 heterocycles. The number of hydrogen-bond donors (Lipinski definition) is 2. The van der Waals surface area contributed by atoms with Crippen LogP contribution in [0, 0.1) is 0 Å².